The highest BCUT2D eigenvalue weighted by Crippen LogP contribution is 2.31. The molecule has 0 aliphatic rings. The van der Waals surface area contributed by atoms with Gasteiger partial charge in [-0.3, -0.25) is 10.1 Å². The van der Waals surface area contributed by atoms with Gasteiger partial charge in [0.05, 0.1) is 16.6 Å². The molecule has 0 fully saturated rings. The second-order valence-electron chi connectivity index (χ2n) is 3.81. The van der Waals surface area contributed by atoms with Crippen LogP contribution in [0.25, 0.3) is 0 Å². The van der Waals surface area contributed by atoms with Crippen LogP contribution in [0.15, 0.2) is 18.3 Å². The molecule has 2 rings (SSSR count). The molecule has 7 nitrogen and oxygen atoms in total. The lowest BCUT2D eigenvalue weighted by molar-refractivity contribution is -0.384. The van der Waals surface area contributed by atoms with Gasteiger partial charge in [-0.05, 0) is 13.0 Å². The lowest BCUT2D eigenvalue weighted by atomic mass is 10.1. The van der Waals surface area contributed by atoms with E-state index in [-0.39, 0.29) is 5.69 Å². The molecule has 0 aliphatic carbocycles. The third-order valence-electron chi connectivity index (χ3n) is 2.38. The summed E-state index contributed by atoms with van der Waals surface area (Å²) in [5.74, 6) is -2.67. The summed E-state index contributed by atoms with van der Waals surface area (Å²) in [6.45, 7) is 1.80. The van der Waals surface area contributed by atoms with Gasteiger partial charge >= 0.3 is 5.97 Å². The number of aromatic carboxylic acids is 1. The zero-order chi connectivity index (χ0) is 14.9. The van der Waals surface area contributed by atoms with E-state index in [0.717, 1.165) is 10.9 Å². The molecule has 1 heterocycles. The molecular formula is C11H8FN3O4S. The summed E-state index contributed by atoms with van der Waals surface area (Å²) in [5.41, 5.74) is -1.32. The highest BCUT2D eigenvalue weighted by Gasteiger charge is 2.22. The summed E-state index contributed by atoms with van der Waals surface area (Å²) in [6.07, 6.45) is 1.56. The summed E-state index contributed by atoms with van der Waals surface area (Å²) < 4.78 is 13.5. The monoisotopic (exact) mass is 297 g/mol. The maximum absolute atomic E-state index is 13.5. The Labute approximate surface area is 115 Å². The number of thiazole rings is 1. The van der Waals surface area contributed by atoms with Crippen LogP contribution in [0.1, 0.15) is 15.2 Å². The number of nitro groups is 1. The van der Waals surface area contributed by atoms with Crippen LogP contribution in [-0.2, 0) is 0 Å². The fraction of sp³-hybridized carbons (Fsp3) is 0.0909. The number of carboxylic acid groups (broad SMARTS) is 1. The minimum absolute atomic E-state index is 0.122. The molecule has 0 unspecified atom stereocenters. The summed E-state index contributed by atoms with van der Waals surface area (Å²) in [5, 5.41) is 22.7. The Morgan fingerprint density at radius 2 is 2.25 bits per heavy atom. The van der Waals surface area contributed by atoms with Crippen LogP contribution in [0.4, 0.5) is 20.9 Å². The van der Waals surface area contributed by atoms with Crippen molar-refractivity contribution in [3.8, 4) is 0 Å². The molecule has 0 atom stereocenters. The number of nitrogens with zero attached hydrogens (tertiary/aromatic N) is 2. The third kappa shape index (κ3) is 2.72. The average Bonchev–Trinajstić information content (AvgIpc) is 2.76. The van der Waals surface area contributed by atoms with E-state index in [2.05, 4.69) is 10.3 Å². The molecule has 9 heteroatoms. The van der Waals surface area contributed by atoms with Gasteiger partial charge in [0.15, 0.2) is 5.13 Å². The number of nitrogens with one attached hydrogen (secondary N) is 1. The maximum atomic E-state index is 13.5. The van der Waals surface area contributed by atoms with E-state index in [1.165, 1.54) is 11.3 Å². The Morgan fingerprint density at radius 3 is 2.75 bits per heavy atom. The highest BCUT2D eigenvalue weighted by molar-refractivity contribution is 7.15. The van der Waals surface area contributed by atoms with Gasteiger partial charge in [-0.1, -0.05) is 0 Å². The number of anilines is 2. The number of aromatic nitrogens is 1. The molecule has 20 heavy (non-hydrogen) atoms. The van der Waals surface area contributed by atoms with E-state index in [9.17, 15) is 19.3 Å². The highest BCUT2D eigenvalue weighted by atomic mass is 32.1. The van der Waals surface area contributed by atoms with E-state index in [1.54, 1.807) is 13.1 Å². The summed E-state index contributed by atoms with van der Waals surface area (Å²) >= 11 is 1.24. The van der Waals surface area contributed by atoms with Crippen molar-refractivity contribution in [2.45, 2.75) is 6.92 Å². The number of rotatable bonds is 4. The predicted molar refractivity (Wildman–Crippen MR) is 70.1 cm³/mol. The van der Waals surface area contributed by atoms with Crippen LogP contribution in [0.3, 0.4) is 0 Å². The fourth-order valence-corrected chi connectivity index (χ4v) is 2.18. The number of carbonyl (C=O) groups is 1. The van der Waals surface area contributed by atoms with Crippen molar-refractivity contribution in [2.75, 3.05) is 5.32 Å². The normalized spacial score (nSPS) is 10.3. The first-order valence-corrected chi connectivity index (χ1v) is 6.11. The molecule has 0 saturated carbocycles. The molecule has 0 amide bonds. The van der Waals surface area contributed by atoms with E-state index >= 15 is 0 Å². The van der Waals surface area contributed by atoms with Crippen molar-refractivity contribution in [2.24, 2.45) is 0 Å². The number of hydrogen-bond donors (Lipinski definition) is 2. The Bertz CT molecular complexity index is 701. The quantitative estimate of drug-likeness (QED) is 0.664. The number of nitro benzene ring substituents is 1. The number of hydrogen-bond acceptors (Lipinski definition) is 6. The van der Waals surface area contributed by atoms with Crippen molar-refractivity contribution in [3.05, 3.63) is 44.7 Å². The lowest BCUT2D eigenvalue weighted by Crippen LogP contribution is -2.05. The Balaban J connectivity index is 2.50. The van der Waals surface area contributed by atoms with Gasteiger partial charge in [0.25, 0.3) is 5.69 Å². The average molecular weight is 297 g/mol. The molecule has 0 radical (unpaired) electrons. The Hall–Kier alpha value is -2.55. The zero-order valence-electron chi connectivity index (χ0n) is 10.1. The van der Waals surface area contributed by atoms with Gasteiger partial charge in [0, 0.05) is 11.1 Å². The van der Waals surface area contributed by atoms with Crippen molar-refractivity contribution >= 4 is 33.8 Å². The first-order chi connectivity index (χ1) is 9.38. The van der Waals surface area contributed by atoms with Crippen molar-refractivity contribution in [3.63, 3.8) is 0 Å². The van der Waals surface area contributed by atoms with Crippen LogP contribution in [0, 0.1) is 22.9 Å². The first-order valence-electron chi connectivity index (χ1n) is 5.29. The SMILES string of the molecule is Cc1cnc(Nc2cc(C(=O)O)c(F)cc2[N+](=O)[O-])s1. The van der Waals surface area contributed by atoms with Gasteiger partial charge < -0.3 is 10.4 Å². The maximum Gasteiger partial charge on any atom is 0.338 e. The van der Waals surface area contributed by atoms with Crippen molar-refractivity contribution in [1.82, 2.24) is 4.98 Å². The van der Waals surface area contributed by atoms with Gasteiger partial charge in [-0.15, -0.1) is 11.3 Å². The minimum atomic E-state index is -1.50. The van der Waals surface area contributed by atoms with Gasteiger partial charge in [0.1, 0.15) is 11.5 Å². The summed E-state index contributed by atoms with van der Waals surface area (Å²) in [7, 11) is 0. The second-order valence-corrected chi connectivity index (χ2v) is 5.05. The van der Waals surface area contributed by atoms with E-state index in [1.807, 2.05) is 0 Å². The minimum Gasteiger partial charge on any atom is -0.478 e. The molecule has 0 spiro atoms. The number of carboxylic acids is 1. The summed E-state index contributed by atoms with van der Waals surface area (Å²) in [6, 6.07) is 1.46. The van der Waals surface area contributed by atoms with Crippen LogP contribution >= 0.6 is 11.3 Å². The summed E-state index contributed by atoms with van der Waals surface area (Å²) in [4.78, 5) is 25.8. The van der Waals surface area contributed by atoms with E-state index < -0.39 is 28.0 Å². The number of aryl methyl sites for hydroxylation is 1. The molecule has 0 saturated heterocycles. The predicted octanol–water partition coefficient (Wildman–Crippen LogP) is 2.94. The molecule has 2 N–H and O–H groups in total. The molecule has 1 aromatic carbocycles. The van der Waals surface area contributed by atoms with Crippen molar-refractivity contribution in [1.29, 1.82) is 0 Å². The lowest BCUT2D eigenvalue weighted by Gasteiger charge is -2.06. The van der Waals surface area contributed by atoms with Gasteiger partial charge in [-0.25, -0.2) is 14.2 Å². The molecule has 0 bridgehead atoms. The molecular weight excluding hydrogens is 289 g/mol. The third-order valence-corrected chi connectivity index (χ3v) is 3.20. The Morgan fingerprint density at radius 1 is 1.55 bits per heavy atom. The molecule has 1 aromatic heterocycles. The molecule has 104 valence electrons. The van der Waals surface area contributed by atoms with Crippen LogP contribution in [0.5, 0.6) is 0 Å². The zero-order valence-corrected chi connectivity index (χ0v) is 10.9. The van der Waals surface area contributed by atoms with Gasteiger partial charge in [0.2, 0.25) is 0 Å². The second kappa shape index (κ2) is 5.21. The largest absolute Gasteiger partial charge is 0.478 e. The smallest absolute Gasteiger partial charge is 0.338 e. The number of benzene rings is 1. The number of halogens is 1. The molecule has 2 aromatic rings. The van der Waals surface area contributed by atoms with E-state index in [0.29, 0.717) is 11.2 Å². The van der Waals surface area contributed by atoms with Crippen LogP contribution in [-0.4, -0.2) is 21.0 Å². The molecule has 0 aliphatic heterocycles. The first kappa shape index (κ1) is 13.9. The van der Waals surface area contributed by atoms with Crippen LogP contribution in [0.2, 0.25) is 0 Å². The van der Waals surface area contributed by atoms with Crippen LogP contribution < -0.4 is 5.32 Å². The Kier molecular flexibility index (Phi) is 3.61. The van der Waals surface area contributed by atoms with E-state index in [4.69, 9.17) is 5.11 Å². The topological polar surface area (TPSA) is 105 Å². The fourth-order valence-electron chi connectivity index (χ4n) is 1.51. The van der Waals surface area contributed by atoms with Crippen molar-refractivity contribution < 1.29 is 19.2 Å². The standard InChI is InChI=1S/C11H8FN3O4S/c1-5-4-13-11(20-5)14-8-2-6(10(16)17)7(12)3-9(8)15(18)19/h2-4H,1H3,(H,13,14)(H,16,17). The van der Waals surface area contributed by atoms with Gasteiger partial charge in [-0.2, -0.15) is 0 Å².